The van der Waals surface area contributed by atoms with Crippen LogP contribution in [-0.2, 0) is 11.3 Å². The number of benzene rings is 1. The van der Waals surface area contributed by atoms with Crippen molar-refractivity contribution < 1.29 is 4.79 Å². The number of carbonyl (C=O) groups excluding carboxylic acids is 1. The first-order chi connectivity index (χ1) is 10.3. The Morgan fingerprint density at radius 1 is 1.19 bits per heavy atom. The molecule has 0 fully saturated rings. The molecule has 0 saturated heterocycles. The van der Waals surface area contributed by atoms with Crippen LogP contribution in [0.1, 0.15) is 17.7 Å². The first-order valence-corrected chi connectivity index (χ1v) is 6.55. The highest BCUT2D eigenvalue weighted by molar-refractivity contribution is 5.76. The lowest BCUT2D eigenvalue weighted by atomic mass is 10.2. The number of carbonyl (C=O) groups is 1. The second kappa shape index (κ2) is 7.60. The maximum Gasteiger partial charge on any atom is 0.222 e. The van der Waals surface area contributed by atoms with Crippen molar-refractivity contribution in [1.29, 1.82) is 5.26 Å². The number of rotatable bonds is 6. The summed E-state index contributed by atoms with van der Waals surface area (Å²) in [6, 6.07) is 11.7. The molecule has 1 heterocycles. The van der Waals surface area contributed by atoms with E-state index >= 15 is 0 Å². The lowest BCUT2D eigenvalue weighted by molar-refractivity contribution is -0.121. The molecule has 2 N–H and O–H groups in total. The minimum atomic E-state index is -0.0613. The number of anilines is 1. The molecule has 0 unspecified atom stereocenters. The molecule has 2 rings (SSSR count). The molecule has 0 aliphatic rings. The molecule has 6 heteroatoms. The number of amides is 1. The van der Waals surface area contributed by atoms with Gasteiger partial charge in [0, 0.05) is 31.9 Å². The quantitative estimate of drug-likeness (QED) is 0.836. The fourth-order valence-electron chi connectivity index (χ4n) is 1.73. The summed E-state index contributed by atoms with van der Waals surface area (Å²) in [5.74, 6) is 0.338. The van der Waals surface area contributed by atoms with Gasteiger partial charge in [-0.15, -0.1) is 0 Å². The van der Waals surface area contributed by atoms with Crippen LogP contribution in [0.25, 0.3) is 0 Å². The summed E-state index contributed by atoms with van der Waals surface area (Å²) < 4.78 is 0. The van der Waals surface area contributed by atoms with Crippen molar-refractivity contribution in [3.63, 3.8) is 0 Å². The zero-order valence-electron chi connectivity index (χ0n) is 11.4. The van der Waals surface area contributed by atoms with Crippen LogP contribution >= 0.6 is 0 Å². The smallest absolute Gasteiger partial charge is 0.222 e. The zero-order valence-corrected chi connectivity index (χ0v) is 11.4. The van der Waals surface area contributed by atoms with E-state index in [1.165, 1.54) is 12.4 Å². The van der Waals surface area contributed by atoms with E-state index in [1.807, 2.05) is 36.4 Å². The van der Waals surface area contributed by atoms with Gasteiger partial charge in [0.15, 0.2) is 11.5 Å². The van der Waals surface area contributed by atoms with E-state index in [0.29, 0.717) is 25.3 Å². The second-order valence-corrected chi connectivity index (χ2v) is 4.30. The van der Waals surface area contributed by atoms with E-state index in [9.17, 15) is 4.79 Å². The summed E-state index contributed by atoms with van der Waals surface area (Å²) >= 11 is 0. The highest BCUT2D eigenvalue weighted by Crippen LogP contribution is 2.05. The van der Waals surface area contributed by atoms with Crippen molar-refractivity contribution in [2.24, 2.45) is 0 Å². The van der Waals surface area contributed by atoms with Crippen molar-refractivity contribution in [1.82, 2.24) is 15.3 Å². The predicted molar refractivity (Wildman–Crippen MR) is 78.1 cm³/mol. The number of nitrogens with one attached hydrogen (secondary N) is 2. The minimum Gasteiger partial charge on any atom is -0.367 e. The molecule has 0 atom stereocenters. The molecule has 1 aromatic carbocycles. The topological polar surface area (TPSA) is 90.7 Å². The first-order valence-electron chi connectivity index (χ1n) is 6.55. The van der Waals surface area contributed by atoms with Crippen molar-refractivity contribution in [3.8, 4) is 6.07 Å². The Balaban J connectivity index is 1.73. The van der Waals surface area contributed by atoms with Crippen molar-refractivity contribution >= 4 is 11.7 Å². The van der Waals surface area contributed by atoms with Gasteiger partial charge in [0.25, 0.3) is 0 Å². The van der Waals surface area contributed by atoms with Crippen molar-refractivity contribution in [2.45, 2.75) is 13.0 Å². The monoisotopic (exact) mass is 281 g/mol. The second-order valence-electron chi connectivity index (χ2n) is 4.30. The maximum absolute atomic E-state index is 11.7. The summed E-state index contributed by atoms with van der Waals surface area (Å²) in [5.41, 5.74) is 1.28. The summed E-state index contributed by atoms with van der Waals surface area (Å²) in [4.78, 5) is 19.6. The molecule has 0 spiro atoms. The zero-order chi connectivity index (χ0) is 14.9. The van der Waals surface area contributed by atoms with Crippen LogP contribution in [0.15, 0.2) is 42.7 Å². The highest BCUT2D eigenvalue weighted by atomic mass is 16.1. The van der Waals surface area contributed by atoms with Gasteiger partial charge >= 0.3 is 0 Å². The average molecular weight is 281 g/mol. The minimum absolute atomic E-state index is 0.0613. The predicted octanol–water partition coefficient (Wildman–Crippen LogP) is 1.47. The van der Waals surface area contributed by atoms with E-state index in [-0.39, 0.29) is 11.6 Å². The Hall–Kier alpha value is -2.94. The Morgan fingerprint density at radius 3 is 2.71 bits per heavy atom. The molecule has 0 aliphatic carbocycles. The molecule has 2 aromatic rings. The molecular weight excluding hydrogens is 266 g/mol. The third-order valence-corrected chi connectivity index (χ3v) is 2.78. The molecule has 0 saturated carbocycles. The van der Waals surface area contributed by atoms with Crippen LogP contribution in [0.4, 0.5) is 5.82 Å². The Morgan fingerprint density at radius 2 is 1.95 bits per heavy atom. The summed E-state index contributed by atoms with van der Waals surface area (Å²) in [6.07, 6.45) is 3.25. The van der Waals surface area contributed by atoms with Gasteiger partial charge in [-0.25, -0.2) is 9.97 Å². The molecule has 0 radical (unpaired) electrons. The molecular formula is C15H15N5O. The normalized spacial score (nSPS) is 9.67. The number of nitrogens with zero attached hydrogens (tertiary/aromatic N) is 3. The molecule has 21 heavy (non-hydrogen) atoms. The van der Waals surface area contributed by atoms with Gasteiger partial charge in [-0.05, 0) is 5.56 Å². The molecule has 6 nitrogen and oxygen atoms in total. The van der Waals surface area contributed by atoms with Crippen LogP contribution in [0.2, 0.25) is 0 Å². The van der Waals surface area contributed by atoms with Gasteiger partial charge < -0.3 is 10.6 Å². The van der Waals surface area contributed by atoms with Crippen LogP contribution in [0.3, 0.4) is 0 Å². The van der Waals surface area contributed by atoms with Crippen molar-refractivity contribution in [2.75, 3.05) is 11.9 Å². The standard InChI is InChI=1S/C15H15N5O/c16-10-13-15(19-9-8-17-13)18-7-6-14(21)20-11-12-4-2-1-3-5-12/h1-5,8-9H,6-7,11H2,(H,18,19)(H,20,21). The van der Waals surface area contributed by atoms with Crippen LogP contribution in [0, 0.1) is 11.3 Å². The number of hydrogen-bond donors (Lipinski definition) is 2. The van der Waals surface area contributed by atoms with Crippen LogP contribution in [0.5, 0.6) is 0 Å². The van der Waals surface area contributed by atoms with E-state index in [4.69, 9.17) is 5.26 Å². The van der Waals surface area contributed by atoms with Gasteiger partial charge in [0.2, 0.25) is 5.91 Å². The molecule has 106 valence electrons. The molecule has 0 bridgehead atoms. The number of aromatic nitrogens is 2. The number of hydrogen-bond acceptors (Lipinski definition) is 5. The molecule has 1 amide bonds. The lowest BCUT2D eigenvalue weighted by Crippen LogP contribution is -2.25. The Labute approximate surface area is 122 Å². The summed E-state index contributed by atoms with van der Waals surface area (Å²) in [5, 5.41) is 14.6. The van der Waals surface area contributed by atoms with E-state index in [1.54, 1.807) is 0 Å². The highest BCUT2D eigenvalue weighted by Gasteiger charge is 2.05. The van der Waals surface area contributed by atoms with Crippen molar-refractivity contribution in [3.05, 3.63) is 54.0 Å². The maximum atomic E-state index is 11.7. The number of nitriles is 1. The van der Waals surface area contributed by atoms with E-state index in [0.717, 1.165) is 5.56 Å². The largest absolute Gasteiger partial charge is 0.367 e. The average Bonchev–Trinajstić information content (AvgIpc) is 2.54. The third kappa shape index (κ3) is 4.58. The molecule has 1 aromatic heterocycles. The van der Waals surface area contributed by atoms with Gasteiger partial charge in [0.1, 0.15) is 6.07 Å². The van der Waals surface area contributed by atoms with Crippen LogP contribution in [-0.4, -0.2) is 22.4 Å². The van der Waals surface area contributed by atoms with E-state index in [2.05, 4.69) is 20.6 Å². The van der Waals surface area contributed by atoms with E-state index < -0.39 is 0 Å². The first kappa shape index (κ1) is 14.5. The fraction of sp³-hybridized carbons (Fsp3) is 0.200. The summed E-state index contributed by atoms with van der Waals surface area (Å²) in [6.45, 7) is 0.905. The lowest BCUT2D eigenvalue weighted by Gasteiger charge is -2.07. The Kier molecular flexibility index (Phi) is 5.24. The van der Waals surface area contributed by atoms with Gasteiger partial charge in [-0.3, -0.25) is 4.79 Å². The third-order valence-electron chi connectivity index (χ3n) is 2.78. The van der Waals surface area contributed by atoms with Gasteiger partial charge in [-0.2, -0.15) is 5.26 Å². The Bertz CT molecular complexity index is 636. The molecule has 0 aliphatic heterocycles. The van der Waals surface area contributed by atoms with Gasteiger partial charge in [-0.1, -0.05) is 30.3 Å². The summed E-state index contributed by atoms with van der Waals surface area (Å²) in [7, 11) is 0. The van der Waals surface area contributed by atoms with Crippen LogP contribution < -0.4 is 10.6 Å². The van der Waals surface area contributed by atoms with Gasteiger partial charge in [0.05, 0.1) is 0 Å². The SMILES string of the molecule is N#Cc1nccnc1NCCC(=O)NCc1ccccc1. The fourth-order valence-corrected chi connectivity index (χ4v) is 1.73.